The molecule has 1 rings (SSSR count). The molecule has 0 aromatic heterocycles. The highest BCUT2D eigenvalue weighted by Crippen LogP contribution is 2.23. The number of nitriles is 1. The molecule has 1 N–H and O–H groups in total. The van der Waals surface area contributed by atoms with Crippen molar-refractivity contribution in [3.63, 3.8) is 0 Å². The third-order valence-electron chi connectivity index (χ3n) is 1.80. The van der Waals surface area contributed by atoms with Crippen LogP contribution < -0.4 is 0 Å². The second-order valence-corrected chi connectivity index (χ2v) is 2.68. The molecule has 76 valence electrons. The highest BCUT2D eigenvalue weighted by atomic mass is 16.5. The Labute approximate surface area is 85.5 Å². The fraction of sp³-hybridized carbons (Fsp3) is 0.100. The number of aldehydes is 1. The van der Waals surface area contributed by atoms with Gasteiger partial charge in [-0.15, -0.1) is 0 Å². The molecule has 0 amide bonds. The van der Waals surface area contributed by atoms with Crippen LogP contribution in [0.25, 0.3) is 0 Å². The van der Waals surface area contributed by atoms with Crippen LogP contribution in [0.1, 0.15) is 26.3 Å². The van der Waals surface area contributed by atoms with Gasteiger partial charge in [-0.3, -0.25) is 4.79 Å². The van der Waals surface area contributed by atoms with Gasteiger partial charge in [0.1, 0.15) is 11.3 Å². The molecule has 0 aliphatic heterocycles. The minimum atomic E-state index is -0.798. The lowest BCUT2D eigenvalue weighted by Gasteiger charge is -2.04. The number of carbonyl (C=O) groups excluding carboxylic acids is 2. The first-order chi connectivity index (χ1) is 7.13. The van der Waals surface area contributed by atoms with Gasteiger partial charge in [-0.1, -0.05) is 0 Å². The minimum Gasteiger partial charge on any atom is -0.506 e. The number of benzene rings is 1. The van der Waals surface area contributed by atoms with E-state index in [2.05, 4.69) is 4.74 Å². The lowest BCUT2D eigenvalue weighted by molar-refractivity contribution is 0.0597. The van der Waals surface area contributed by atoms with Crippen LogP contribution in [0, 0.1) is 11.3 Å². The molecule has 0 heterocycles. The van der Waals surface area contributed by atoms with Crippen LogP contribution in [-0.4, -0.2) is 24.5 Å². The van der Waals surface area contributed by atoms with E-state index >= 15 is 0 Å². The maximum atomic E-state index is 11.2. The smallest absolute Gasteiger partial charge is 0.341 e. The summed E-state index contributed by atoms with van der Waals surface area (Å²) < 4.78 is 4.39. The van der Waals surface area contributed by atoms with Gasteiger partial charge < -0.3 is 9.84 Å². The summed E-state index contributed by atoms with van der Waals surface area (Å²) in [7, 11) is 1.14. The van der Waals surface area contributed by atoms with Gasteiger partial charge in [-0.25, -0.2) is 4.79 Å². The first-order valence-electron chi connectivity index (χ1n) is 3.94. The third-order valence-corrected chi connectivity index (χ3v) is 1.80. The van der Waals surface area contributed by atoms with E-state index in [1.54, 1.807) is 6.07 Å². The maximum Gasteiger partial charge on any atom is 0.341 e. The van der Waals surface area contributed by atoms with E-state index in [0.29, 0.717) is 6.29 Å². The van der Waals surface area contributed by atoms with E-state index in [1.165, 1.54) is 6.07 Å². The molecule has 5 heteroatoms. The average molecular weight is 205 g/mol. The van der Waals surface area contributed by atoms with Gasteiger partial charge in [0, 0.05) is 0 Å². The van der Waals surface area contributed by atoms with Crippen LogP contribution >= 0.6 is 0 Å². The van der Waals surface area contributed by atoms with Crippen LogP contribution in [0.2, 0.25) is 0 Å². The van der Waals surface area contributed by atoms with E-state index in [4.69, 9.17) is 5.26 Å². The van der Waals surface area contributed by atoms with Crippen molar-refractivity contribution in [1.82, 2.24) is 0 Å². The molecule has 0 atom stereocenters. The Kier molecular flexibility index (Phi) is 3.03. The highest BCUT2D eigenvalue weighted by Gasteiger charge is 2.16. The van der Waals surface area contributed by atoms with Crippen LogP contribution in [0.5, 0.6) is 5.75 Å². The molecule has 0 aliphatic carbocycles. The summed E-state index contributed by atoms with van der Waals surface area (Å²) in [5.41, 5.74) is -0.205. The molecule has 0 radical (unpaired) electrons. The first-order valence-corrected chi connectivity index (χ1v) is 3.94. The molecule has 0 fully saturated rings. The van der Waals surface area contributed by atoms with Crippen LogP contribution in [0.15, 0.2) is 12.1 Å². The second-order valence-electron chi connectivity index (χ2n) is 2.68. The monoisotopic (exact) mass is 205 g/mol. The van der Waals surface area contributed by atoms with Gasteiger partial charge >= 0.3 is 5.97 Å². The number of aromatic hydroxyl groups is 1. The summed E-state index contributed by atoms with van der Waals surface area (Å²) in [4.78, 5) is 21.7. The molecule has 0 aliphatic rings. The normalized spacial score (nSPS) is 9.07. The summed E-state index contributed by atoms with van der Waals surface area (Å²) in [6.07, 6.45) is 0.364. The summed E-state index contributed by atoms with van der Waals surface area (Å²) in [6.45, 7) is 0. The zero-order valence-electron chi connectivity index (χ0n) is 7.85. The zero-order chi connectivity index (χ0) is 11.4. The van der Waals surface area contributed by atoms with Crippen molar-refractivity contribution in [2.24, 2.45) is 0 Å². The van der Waals surface area contributed by atoms with Crippen molar-refractivity contribution in [2.45, 2.75) is 0 Å². The Hall–Kier alpha value is -2.35. The summed E-state index contributed by atoms with van der Waals surface area (Å²) in [5.74, 6) is -1.27. The number of phenolic OH excluding ortho intramolecular Hbond substituents is 1. The number of carbonyl (C=O) groups is 2. The number of nitrogens with zero attached hydrogens (tertiary/aromatic N) is 1. The number of hydrogen-bond donors (Lipinski definition) is 1. The van der Waals surface area contributed by atoms with Crippen molar-refractivity contribution < 1.29 is 19.4 Å². The van der Waals surface area contributed by atoms with Gasteiger partial charge in [0.05, 0.1) is 24.3 Å². The fourth-order valence-electron chi connectivity index (χ4n) is 1.08. The van der Waals surface area contributed by atoms with Crippen molar-refractivity contribution in [3.05, 3.63) is 28.8 Å². The SMILES string of the molecule is COC(=O)c1cc(C#N)cc(C=O)c1O. The molecule has 0 spiro atoms. The van der Waals surface area contributed by atoms with Crippen molar-refractivity contribution in [2.75, 3.05) is 7.11 Å². The minimum absolute atomic E-state index is 0.107. The number of methoxy groups -OCH3 is 1. The van der Waals surface area contributed by atoms with Crippen molar-refractivity contribution in [1.29, 1.82) is 5.26 Å². The van der Waals surface area contributed by atoms with E-state index in [-0.39, 0.29) is 16.7 Å². The van der Waals surface area contributed by atoms with Gasteiger partial charge in [-0.05, 0) is 12.1 Å². The van der Waals surface area contributed by atoms with Crippen molar-refractivity contribution >= 4 is 12.3 Å². The Morgan fingerprint density at radius 3 is 2.73 bits per heavy atom. The molecule has 1 aromatic carbocycles. The largest absolute Gasteiger partial charge is 0.506 e. The zero-order valence-corrected chi connectivity index (χ0v) is 7.85. The maximum absolute atomic E-state index is 11.2. The molecular formula is C10H7NO4. The number of ether oxygens (including phenoxy) is 1. The van der Waals surface area contributed by atoms with Gasteiger partial charge in [0.25, 0.3) is 0 Å². The molecule has 15 heavy (non-hydrogen) atoms. The van der Waals surface area contributed by atoms with Gasteiger partial charge in [0.15, 0.2) is 6.29 Å². The lowest BCUT2D eigenvalue weighted by Crippen LogP contribution is -2.03. The summed E-state index contributed by atoms with van der Waals surface area (Å²) in [6, 6.07) is 4.12. The first kappa shape index (κ1) is 10.7. The standard InChI is InChI=1S/C10H7NO4/c1-15-10(14)8-3-6(4-11)2-7(5-12)9(8)13/h2-3,5,13H,1H3. The molecule has 0 bridgehead atoms. The Bertz CT molecular complexity index is 459. The van der Waals surface area contributed by atoms with Crippen molar-refractivity contribution in [3.8, 4) is 11.8 Å². The Morgan fingerprint density at radius 2 is 2.27 bits per heavy atom. The van der Waals surface area contributed by atoms with E-state index < -0.39 is 11.7 Å². The molecule has 0 saturated carbocycles. The molecule has 1 aromatic rings. The summed E-state index contributed by atoms with van der Waals surface area (Å²) in [5, 5.41) is 18.1. The molecular weight excluding hydrogens is 198 g/mol. The molecule has 0 saturated heterocycles. The average Bonchev–Trinajstić information content (AvgIpc) is 2.28. The van der Waals surface area contributed by atoms with Gasteiger partial charge in [0.2, 0.25) is 0 Å². The Morgan fingerprint density at radius 1 is 1.60 bits per heavy atom. The predicted octanol–water partition coefficient (Wildman–Crippen LogP) is 0.863. The molecule has 0 unspecified atom stereocenters. The number of esters is 1. The number of rotatable bonds is 2. The van der Waals surface area contributed by atoms with E-state index in [0.717, 1.165) is 13.2 Å². The summed E-state index contributed by atoms with van der Waals surface area (Å²) >= 11 is 0. The van der Waals surface area contributed by atoms with Crippen LogP contribution in [0.4, 0.5) is 0 Å². The second kappa shape index (κ2) is 4.24. The Balaban J connectivity index is 3.45. The fourth-order valence-corrected chi connectivity index (χ4v) is 1.08. The van der Waals surface area contributed by atoms with Crippen LogP contribution in [0.3, 0.4) is 0 Å². The quantitative estimate of drug-likeness (QED) is 0.571. The molecule has 5 nitrogen and oxygen atoms in total. The van der Waals surface area contributed by atoms with Gasteiger partial charge in [-0.2, -0.15) is 5.26 Å². The van der Waals surface area contributed by atoms with Crippen LogP contribution in [-0.2, 0) is 4.74 Å². The van der Waals surface area contributed by atoms with E-state index in [9.17, 15) is 14.7 Å². The number of phenols is 1. The number of hydrogen-bond acceptors (Lipinski definition) is 5. The van der Waals surface area contributed by atoms with E-state index in [1.807, 2.05) is 0 Å². The third kappa shape index (κ3) is 1.94. The predicted molar refractivity (Wildman–Crippen MR) is 49.5 cm³/mol. The highest BCUT2D eigenvalue weighted by molar-refractivity contribution is 5.96. The topological polar surface area (TPSA) is 87.4 Å². The lowest BCUT2D eigenvalue weighted by atomic mass is 10.1.